The highest BCUT2D eigenvalue weighted by Gasteiger charge is 2.28. The number of hydrogen-bond acceptors (Lipinski definition) is 3. The number of halogens is 2. The Morgan fingerprint density at radius 3 is 2.40 bits per heavy atom. The van der Waals surface area contributed by atoms with Crippen molar-refractivity contribution in [3.05, 3.63) is 29.3 Å². The number of unbranched alkanes of at least 4 members (excludes halogenated alkanes) is 1. The fourth-order valence-corrected chi connectivity index (χ4v) is 3.42. The number of hydrogen-bond donors (Lipinski definition) is 1. The standard InChI is InChI=1S/C13H19F2NO3S/c1-3-5-8-16(4-2)20(18,19)12-7-6-11(14)10(9-17)13(12)15/h6-7,17H,3-5,8-9H2,1-2H3. The number of aliphatic hydroxyl groups is 1. The summed E-state index contributed by atoms with van der Waals surface area (Å²) in [7, 11) is -4.02. The van der Waals surface area contributed by atoms with Crippen LogP contribution in [-0.4, -0.2) is 30.9 Å². The van der Waals surface area contributed by atoms with Gasteiger partial charge in [-0.15, -0.1) is 0 Å². The van der Waals surface area contributed by atoms with Crippen molar-refractivity contribution in [3.63, 3.8) is 0 Å². The maximum Gasteiger partial charge on any atom is 0.245 e. The van der Waals surface area contributed by atoms with E-state index in [0.717, 1.165) is 22.9 Å². The van der Waals surface area contributed by atoms with E-state index in [9.17, 15) is 17.2 Å². The van der Waals surface area contributed by atoms with Crippen LogP contribution in [0.15, 0.2) is 17.0 Å². The molecule has 0 aliphatic rings. The van der Waals surface area contributed by atoms with Gasteiger partial charge in [-0.05, 0) is 18.6 Å². The molecule has 1 N–H and O–H groups in total. The van der Waals surface area contributed by atoms with Crippen LogP contribution in [0.1, 0.15) is 32.3 Å². The molecular formula is C13H19F2NO3S. The first kappa shape index (κ1) is 17.0. The summed E-state index contributed by atoms with van der Waals surface area (Å²) in [6.45, 7) is 3.17. The Bertz CT molecular complexity index is 561. The molecule has 1 rings (SSSR count). The van der Waals surface area contributed by atoms with E-state index in [1.165, 1.54) is 0 Å². The Morgan fingerprint density at radius 1 is 1.25 bits per heavy atom. The molecular weight excluding hydrogens is 288 g/mol. The first-order valence-electron chi connectivity index (χ1n) is 6.48. The van der Waals surface area contributed by atoms with Crippen molar-refractivity contribution in [1.29, 1.82) is 0 Å². The van der Waals surface area contributed by atoms with E-state index in [0.29, 0.717) is 6.42 Å². The summed E-state index contributed by atoms with van der Waals surface area (Å²) in [6.07, 6.45) is 1.46. The molecule has 0 aliphatic carbocycles. The van der Waals surface area contributed by atoms with Gasteiger partial charge in [0, 0.05) is 13.1 Å². The predicted molar refractivity (Wildman–Crippen MR) is 71.6 cm³/mol. The third-order valence-electron chi connectivity index (χ3n) is 3.04. The Kier molecular flexibility index (Phi) is 6.04. The number of aliphatic hydroxyl groups excluding tert-OH is 1. The molecule has 0 heterocycles. The van der Waals surface area contributed by atoms with Crippen LogP contribution in [0.4, 0.5) is 8.78 Å². The molecule has 0 saturated heterocycles. The van der Waals surface area contributed by atoms with Gasteiger partial charge in [0.15, 0.2) is 5.82 Å². The molecule has 0 radical (unpaired) electrons. The number of benzene rings is 1. The molecule has 20 heavy (non-hydrogen) atoms. The average Bonchev–Trinajstić information content (AvgIpc) is 2.39. The summed E-state index contributed by atoms with van der Waals surface area (Å²) in [5.41, 5.74) is -0.627. The van der Waals surface area contributed by atoms with Crippen LogP contribution in [0, 0.1) is 11.6 Å². The second-order valence-electron chi connectivity index (χ2n) is 4.35. The third kappa shape index (κ3) is 3.34. The molecule has 114 valence electrons. The zero-order chi connectivity index (χ0) is 15.3. The summed E-state index contributed by atoms with van der Waals surface area (Å²) in [5.74, 6) is -2.18. The molecule has 0 aliphatic heterocycles. The SMILES string of the molecule is CCCCN(CC)S(=O)(=O)c1ccc(F)c(CO)c1F. The minimum absolute atomic E-state index is 0.202. The fraction of sp³-hybridized carbons (Fsp3) is 0.538. The summed E-state index contributed by atoms with van der Waals surface area (Å²) < 4.78 is 53.2. The topological polar surface area (TPSA) is 57.6 Å². The lowest BCUT2D eigenvalue weighted by Gasteiger charge is -2.21. The smallest absolute Gasteiger partial charge is 0.245 e. The van der Waals surface area contributed by atoms with Crippen molar-refractivity contribution in [1.82, 2.24) is 4.31 Å². The monoisotopic (exact) mass is 307 g/mol. The highest BCUT2D eigenvalue weighted by atomic mass is 32.2. The Labute approximate surface area is 118 Å². The molecule has 1 aromatic rings. The van der Waals surface area contributed by atoms with Crippen LogP contribution < -0.4 is 0 Å². The van der Waals surface area contributed by atoms with Crippen LogP contribution >= 0.6 is 0 Å². The van der Waals surface area contributed by atoms with Crippen LogP contribution in [0.5, 0.6) is 0 Å². The van der Waals surface area contributed by atoms with Gasteiger partial charge in [0.1, 0.15) is 10.7 Å². The van der Waals surface area contributed by atoms with Crippen molar-refractivity contribution in [2.75, 3.05) is 13.1 Å². The predicted octanol–water partition coefficient (Wildman–Crippen LogP) is 2.27. The largest absolute Gasteiger partial charge is 0.391 e. The zero-order valence-corrected chi connectivity index (χ0v) is 12.4. The fourth-order valence-electron chi connectivity index (χ4n) is 1.84. The Morgan fingerprint density at radius 2 is 1.90 bits per heavy atom. The first-order valence-corrected chi connectivity index (χ1v) is 7.92. The molecule has 0 spiro atoms. The van der Waals surface area contributed by atoms with Gasteiger partial charge in [0.2, 0.25) is 10.0 Å². The average molecular weight is 307 g/mol. The van der Waals surface area contributed by atoms with Crippen molar-refractivity contribution < 1.29 is 22.3 Å². The lowest BCUT2D eigenvalue weighted by Crippen LogP contribution is -2.32. The molecule has 0 atom stereocenters. The second-order valence-corrected chi connectivity index (χ2v) is 6.25. The van der Waals surface area contributed by atoms with Crippen LogP contribution in [0.25, 0.3) is 0 Å². The van der Waals surface area contributed by atoms with Crippen molar-refractivity contribution in [2.45, 2.75) is 38.2 Å². The van der Waals surface area contributed by atoms with E-state index < -0.39 is 38.7 Å². The highest BCUT2D eigenvalue weighted by Crippen LogP contribution is 2.24. The van der Waals surface area contributed by atoms with E-state index in [1.54, 1.807) is 6.92 Å². The van der Waals surface area contributed by atoms with Gasteiger partial charge in [0.05, 0.1) is 12.2 Å². The molecule has 0 bridgehead atoms. The molecule has 7 heteroatoms. The molecule has 0 unspecified atom stereocenters. The van der Waals surface area contributed by atoms with E-state index in [4.69, 9.17) is 5.11 Å². The van der Waals surface area contributed by atoms with Crippen molar-refractivity contribution in [2.24, 2.45) is 0 Å². The van der Waals surface area contributed by atoms with Crippen molar-refractivity contribution >= 4 is 10.0 Å². The quantitative estimate of drug-likeness (QED) is 0.840. The molecule has 0 saturated carbocycles. The molecule has 0 fully saturated rings. The van der Waals surface area contributed by atoms with Gasteiger partial charge in [-0.3, -0.25) is 0 Å². The van der Waals surface area contributed by atoms with E-state index >= 15 is 0 Å². The van der Waals surface area contributed by atoms with Gasteiger partial charge >= 0.3 is 0 Å². The molecule has 1 aromatic carbocycles. The van der Waals surface area contributed by atoms with Crippen LogP contribution in [0.3, 0.4) is 0 Å². The lowest BCUT2D eigenvalue weighted by atomic mass is 10.2. The van der Waals surface area contributed by atoms with Crippen LogP contribution in [-0.2, 0) is 16.6 Å². The minimum Gasteiger partial charge on any atom is -0.391 e. The van der Waals surface area contributed by atoms with Gasteiger partial charge in [0.25, 0.3) is 0 Å². The first-order chi connectivity index (χ1) is 9.39. The minimum atomic E-state index is -4.02. The molecule has 4 nitrogen and oxygen atoms in total. The van der Waals surface area contributed by atoms with Gasteiger partial charge < -0.3 is 5.11 Å². The van der Waals surface area contributed by atoms with Gasteiger partial charge in [-0.2, -0.15) is 4.31 Å². The summed E-state index contributed by atoms with van der Waals surface area (Å²) in [4.78, 5) is -0.596. The number of rotatable bonds is 7. The van der Waals surface area contributed by atoms with Crippen LogP contribution in [0.2, 0.25) is 0 Å². The number of sulfonamides is 1. The molecule has 0 amide bonds. The highest BCUT2D eigenvalue weighted by molar-refractivity contribution is 7.89. The Hall–Kier alpha value is -1.05. The number of nitrogens with zero attached hydrogens (tertiary/aromatic N) is 1. The van der Waals surface area contributed by atoms with E-state index in [1.807, 2.05) is 6.92 Å². The van der Waals surface area contributed by atoms with Crippen molar-refractivity contribution in [3.8, 4) is 0 Å². The van der Waals surface area contributed by atoms with Gasteiger partial charge in [-0.1, -0.05) is 20.3 Å². The normalized spacial score (nSPS) is 12.1. The lowest BCUT2D eigenvalue weighted by molar-refractivity contribution is 0.267. The van der Waals surface area contributed by atoms with Gasteiger partial charge in [-0.25, -0.2) is 17.2 Å². The maximum absolute atomic E-state index is 14.0. The van der Waals surface area contributed by atoms with E-state index in [2.05, 4.69) is 0 Å². The maximum atomic E-state index is 14.0. The van der Waals surface area contributed by atoms with E-state index in [-0.39, 0.29) is 13.1 Å². The summed E-state index contributed by atoms with van der Waals surface area (Å²) >= 11 is 0. The summed E-state index contributed by atoms with van der Waals surface area (Å²) in [5, 5.41) is 8.94. The molecule has 0 aromatic heterocycles. The second kappa shape index (κ2) is 7.10. The zero-order valence-electron chi connectivity index (χ0n) is 11.6. The third-order valence-corrected chi connectivity index (χ3v) is 5.03. The summed E-state index contributed by atoms with van der Waals surface area (Å²) in [6, 6.07) is 1.75. The Balaban J connectivity index is 3.27.